The van der Waals surface area contributed by atoms with Crippen LogP contribution < -0.4 is 5.32 Å². The van der Waals surface area contributed by atoms with Crippen LogP contribution in [0.1, 0.15) is 49.8 Å². The molecule has 2 N–H and O–H groups in total. The molecule has 0 unspecified atom stereocenters. The van der Waals surface area contributed by atoms with Crippen molar-refractivity contribution >= 4 is 0 Å². The van der Waals surface area contributed by atoms with E-state index in [1.165, 1.54) is 18.4 Å². The van der Waals surface area contributed by atoms with Crippen LogP contribution in [0.5, 0.6) is 0 Å². The van der Waals surface area contributed by atoms with Crippen LogP contribution >= 0.6 is 0 Å². The summed E-state index contributed by atoms with van der Waals surface area (Å²) < 4.78 is 0. The molecule has 1 saturated carbocycles. The van der Waals surface area contributed by atoms with Gasteiger partial charge in [0.05, 0.1) is 5.60 Å². The minimum Gasteiger partial charge on any atom is -0.389 e. The zero-order valence-electron chi connectivity index (χ0n) is 11.3. The highest BCUT2D eigenvalue weighted by Crippen LogP contribution is 2.26. The van der Waals surface area contributed by atoms with E-state index in [0.29, 0.717) is 6.54 Å². The molecule has 2 rings (SSSR count). The average molecular weight is 248 g/mol. The Labute approximate surface area is 110 Å². The van der Waals surface area contributed by atoms with Crippen molar-refractivity contribution in [1.29, 1.82) is 0 Å². The topological polar surface area (TPSA) is 45.1 Å². The lowest BCUT2D eigenvalue weighted by atomic mass is 9.94. The van der Waals surface area contributed by atoms with Crippen LogP contribution in [-0.4, -0.2) is 22.2 Å². The number of nitrogens with zero attached hydrogens (tertiary/aromatic N) is 1. The number of aromatic nitrogens is 1. The van der Waals surface area contributed by atoms with Crippen LogP contribution in [0, 0.1) is 6.92 Å². The Kier molecular flexibility index (Phi) is 4.72. The Morgan fingerprint density at radius 3 is 2.56 bits per heavy atom. The van der Waals surface area contributed by atoms with Gasteiger partial charge in [0, 0.05) is 25.0 Å². The summed E-state index contributed by atoms with van der Waals surface area (Å²) in [6, 6.07) is 4.11. The Morgan fingerprint density at radius 1 is 1.22 bits per heavy atom. The lowest BCUT2D eigenvalue weighted by molar-refractivity contribution is 0.0250. The van der Waals surface area contributed by atoms with E-state index in [4.69, 9.17) is 0 Å². The molecule has 1 heterocycles. The monoisotopic (exact) mass is 248 g/mol. The van der Waals surface area contributed by atoms with Crippen LogP contribution in [0.15, 0.2) is 18.3 Å². The largest absolute Gasteiger partial charge is 0.389 e. The first kappa shape index (κ1) is 13.5. The van der Waals surface area contributed by atoms with Gasteiger partial charge in [-0.05, 0) is 31.4 Å². The summed E-state index contributed by atoms with van der Waals surface area (Å²) in [4.78, 5) is 4.27. The molecule has 18 heavy (non-hydrogen) atoms. The summed E-state index contributed by atoms with van der Waals surface area (Å²) in [6.07, 6.45) is 8.63. The Bertz CT molecular complexity index is 353. The standard InChI is InChI=1S/C15H24N2O/c1-13-6-7-14(11-17-13)10-16-12-15(18)8-4-2-3-5-9-15/h6-7,11,16,18H,2-5,8-10,12H2,1H3. The van der Waals surface area contributed by atoms with E-state index >= 15 is 0 Å². The third-order valence-corrected chi connectivity index (χ3v) is 3.79. The molecule has 0 amide bonds. The third kappa shape index (κ3) is 4.07. The van der Waals surface area contributed by atoms with Crippen molar-refractivity contribution in [2.24, 2.45) is 0 Å². The van der Waals surface area contributed by atoms with Crippen LogP contribution in [0.25, 0.3) is 0 Å². The van der Waals surface area contributed by atoms with Crippen molar-refractivity contribution in [3.63, 3.8) is 0 Å². The maximum absolute atomic E-state index is 10.5. The molecule has 0 aliphatic heterocycles. The quantitative estimate of drug-likeness (QED) is 0.805. The van der Waals surface area contributed by atoms with Crippen molar-refractivity contribution < 1.29 is 5.11 Å². The van der Waals surface area contributed by atoms with E-state index in [9.17, 15) is 5.11 Å². The fraction of sp³-hybridized carbons (Fsp3) is 0.667. The molecule has 1 aromatic rings. The molecular weight excluding hydrogens is 224 g/mol. The number of rotatable bonds is 4. The third-order valence-electron chi connectivity index (χ3n) is 3.79. The molecule has 1 aromatic heterocycles. The molecule has 0 aromatic carbocycles. The predicted octanol–water partition coefficient (Wildman–Crippen LogP) is 2.56. The zero-order valence-corrected chi connectivity index (χ0v) is 11.3. The zero-order chi connectivity index (χ0) is 12.8. The average Bonchev–Trinajstić information content (AvgIpc) is 2.57. The van der Waals surface area contributed by atoms with Gasteiger partial charge >= 0.3 is 0 Å². The van der Waals surface area contributed by atoms with Gasteiger partial charge in [0.2, 0.25) is 0 Å². The molecule has 0 spiro atoms. The lowest BCUT2D eigenvalue weighted by Crippen LogP contribution is -2.39. The number of nitrogens with one attached hydrogen (secondary N) is 1. The molecule has 0 radical (unpaired) electrons. The van der Waals surface area contributed by atoms with Crippen molar-refractivity contribution in [3.8, 4) is 0 Å². The van der Waals surface area contributed by atoms with E-state index in [2.05, 4.69) is 16.4 Å². The second-order valence-electron chi connectivity index (χ2n) is 5.55. The SMILES string of the molecule is Cc1ccc(CNCC2(O)CCCCCC2)cn1. The van der Waals surface area contributed by atoms with Gasteiger partial charge in [0.1, 0.15) is 0 Å². The predicted molar refractivity (Wildman–Crippen MR) is 73.3 cm³/mol. The number of hydrogen-bond donors (Lipinski definition) is 2. The number of pyridine rings is 1. The minimum atomic E-state index is -0.491. The van der Waals surface area contributed by atoms with Crippen molar-refractivity contribution in [3.05, 3.63) is 29.6 Å². The van der Waals surface area contributed by atoms with Gasteiger partial charge in [0.25, 0.3) is 0 Å². The maximum Gasteiger partial charge on any atom is 0.0771 e. The molecule has 1 fully saturated rings. The van der Waals surface area contributed by atoms with Crippen molar-refractivity contribution in [1.82, 2.24) is 10.3 Å². The van der Waals surface area contributed by atoms with Crippen molar-refractivity contribution in [2.45, 2.75) is 57.6 Å². The van der Waals surface area contributed by atoms with Gasteiger partial charge in [0.15, 0.2) is 0 Å². The van der Waals surface area contributed by atoms with Crippen LogP contribution in [-0.2, 0) is 6.54 Å². The van der Waals surface area contributed by atoms with Crippen LogP contribution in [0.4, 0.5) is 0 Å². The summed E-state index contributed by atoms with van der Waals surface area (Å²) in [5, 5.41) is 13.9. The highest BCUT2D eigenvalue weighted by atomic mass is 16.3. The summed E-state index contributed by atoms with van der Waals surface area (Å²) >= 11 is 0. The smallest absolute Gasteiger partial charge is 0.0771 e. The van der Waals surface area contributed by atoms with Crippen molar-refractivity contribution in [2.75, 3.05) is 6.54 Å². The molecule has 1 aliphatic rings. The van der Waals surface area contributed by atoms with E-state index in [1.807, 2.05) is 19.2 Å². The first-order valence-electron chi connectivity index (χ1n) is 7.03. The number of aryl methyl sites for hydroxylation is 1. The van der Waals surface area contributed by atoms with Gasteiger partial charge in [-0.3, -0.25) is 4.98 Å². The molecule has 0 bridgehead atoms. The van der Waals surface area contributed by atoms with E-state index < -0.39 is 5.60 Å². The highest BCUT2D eigenvalue weighted by molar-refractivity contribution is 5.12. The lowest BCUT2D eigenvalue weighted by Gasteiger charge is -2.27. The molecule has 1 aliphatic carbocycles. The van der Waals surface area contributed by atoms with E-state index in [0.717, 1.165) is 37.9 Å². The Balaban J connectivity index is 1.78. The summed E-state index contributed by atoms with van der Waals surface area (Å²) in [5.74, 6) is 0. The Morgan fingerprint density at radius 2 is 1.94 bits per heavy atom. The van der Waals surface area contributed by atoms with Gasteiger partial charge in [-0.15, -0.1) is 0 Å². The second-order valence-corrected chi connectivity index (χ2v) is 5.55. The summed E-state index contributed by atoms with van der Waals surface area (Å²) in [6.45, 7) is 3.47. The minimum absolute atomic E-state index is 0.491. The molecule has 3 heteroatoms. The first-order valence-corrected chi connectivity index (χ1v) is 7.03. The first-order chi connectivity index (χ1) is 8.68. The van der Waals surface area contributed by atoms with Crippen LogP contribution in [0.3, 0.4) is 0 Å². The molecule has 3 nitrogen and oxygen atoms in total. The highest BCUT2D eigenvalue weighted by Gasteiger charge is 2.27. The molecule has 0 saturated heterocycles. The normalized spacial score (nSPS) is 19.4. The summed E-state index contributed by atoms with van der Waals surface area (Å²) in [7, 11) is 0. The fourth-order valence-electron chi connectivity index (χ4n) is 2.61. The van der Waals surface area contributed by atoms with E-state index in [-0.39, 0.29) is 0 Å². The van der Waals surface area contributed by atoms with E-state index in [1.54, 1.807) is 0 Å². The maximum atomic E-state index is 10.5. The van der Waals surface area contributed by atoms with Gasteiger partial charge in [-0.1, -0.05) is 31.7 Å². The second kappa shape index (κ2) is 6.30. The number of aliphatic hydroxyl groups is 1. The molecule has 0 atom stereocenters. The van der Waals surface area contributed by atoms with Gasteiger partial charge < -0.3 is 10.4 Å². The Hall–Kier alpha value is -0.930. The molecular formula is C15H24N2O. The van der Waals surface area contributed by atoms with Gasteiger partial charge in [-0.2, -0.15) is 0 Å². The van der Waals surface area contributed by atoms with Gasteiger partial charge in [-0.25, -0.2) is 0 Å². The fourth-order valence-corrected chi connectivity index (χ4v) is 2.61. The summed E-state index contributed by atoms with van der Waals surface area (Å²) in [5.41, 5.74) is 1.73. The molecule has 100 valence electrons. The number of hydrogen-bond acceptors (Lipinski definition) is 3. The van der Waals surface area contributed by atoms with Crippen LogP contribution in [0.2, 0.25) is 0 Å².